The number of pyridine rings is 1. The van der Waals surface area contributed by atoms with Crippen LogP contribution in [0.4, 0.5) is 0 Å². The Hall–Kier alpha value is -2.88. The fourth-order valence-corrected chi connectivity index (χ4v) is 1.50. The fraction of sp³-hybridized carbons (Fsp3) is 0.167. The van der Waals surface area contributed by atoms with E-state index in [-0.39, 0.29) is 12.1 Å². The van der Waals surface area contributed by atoms with Crippen molar-refractivity contribution in [3.63, 3.8) is 0 Å². The zero-order valence-corrected chi connectivity index (χ0v) is 9.99. The van der Waals surface area contributed by atoms with Gasteiger partial charge < -0.3 is 9.15 Å². The van der Waals surface area contributed by atoms with E-state index in [0.717, 1.165) is 4.57 Å². The third-order valence-electron chi connectivity index (χ3n) is 2.37. The molecule has 0 N–H and O–H groups in total. The van der Waals surface area contributed by atoms with Gasteiger partial charge in [-0.2, -0.15) is 5.26 Å². The van der Waals surface area contributed by atoms with Gasteiger partial charge in [0.15, 0.2) is 11.2 Å². The van der Waals surface area contributed by atoms with Crippen molar-refractivity contribution >= 4 is 23.3 Å². The van der Waals surface area contributed by atoms with E-state index in [0.29, 0.717) is 11.2 Å². The van der Waals surface area contributed by atoms with Crippen molar-refractivity contribution in [3.8, 4) is 6.07 Å². The molecular formula is C12H9N3O4. The number of carbonyl (C=O) groups is 1. The lowest BCUT2D eigenvalue weighted by Gasteiger charge is -1.95. The molecule has 7 nitrogen and oxygen atoms in total. The van der Waals surface area contributed by atoms with Gasteiger partial charge in [0.2, 0.25) is 0 Å². The molecule has 2 rings (SSSR count). The van der Waals surface area contributed by atoms with E-state index in [9.17, 15) is 9.59 Å². The van der Waals surface area contributed by atoms with Crippen molar-refractivity contribution in [2.24, 2.45) is 0 Å². The van der Waals surface area contributed by atoms with Gasteiger partial charge in [0.1, 0.15) is 6.54 Å². The first-order valence-corrected chi connectivity index (χ1v) is 5.28. The maximum atomic E-state index is 11.5. The minimum Gasteiger partial charge on any atom is -0.466 e. The molecule has 0 saturated carbocycles. The number of rotatable bonds is 3. The number of hydrogen-bond donors (Lipinski definition) is 0. The van der Waals surface area contributed by atoms with Crippen molar-refractivity contribution in [1.82, 2.24) is 9.55 Å². The SMILES string of the molecule is COC(=O)/C=C/c1cnc2c(c1)oc(=O)n2CC#N. The summed E-state index contributed by atoms with van der Waals surface area (Å²) in [5.41, 5.74) is 1.13. The quantitative estimate of drug-likeness (QED) is 0.594. The molecule has 96 valence electrons. The number of nitrogens with zero attached hydrogens (tertiary/aromatic N) is 3. The van der Waals surface area contributed by atoms with Gasteiger partial charge in [-0.1, -0.05) is 0 Å². The highest BCUT2D eigenvalue weighted by atomic mass is 16.5. The second kappa shape index (κ2) is 5.18. The first-order chi connectivity index (χ1) is 9.15. The number of ether oxygens (including phenoxy) is 1. The molecule has 0 saturated heterocycles. The largest absolute Gasteiger partial charge is 0.466 e. The third-order valence-corrected chi connectivity index (χ3v) is 2.37. The standard InChI is InChI=1S/C12H9N3O4/c1-18-10(16)3-2-8-6-9-11(14-7-8)15(5-4-13)12(17)19-9/h2-3,6-7H,5H2,1H3/b3-2+. The van der Waals surface area contributed by atoms with Crippen molar-refractivity contribution < 1.29 is 13.9 Å². The molecule has 2 aromatic heterocycles. The predicted octanol–water partition coefficient (Wildman–Crippen LogP) is 0.699. The first kappa shape index (κ1) is 12.6. The van der Waals surface area contributed by atoms with Gasteiger partial charge in [0, 0.05) is 12.3 Å². The molecule has 0 amide bonds. The van der Waals surface area contributed by atoms with Crippen LogP contribution in [-0.2, 0) is 16.1 Å². The van der Waals surface area contributed by atoms with E-state index < -0.39 is 11.7 Å². The third kappa shape index (κ3) is 2.52. The summed E-state index contributed by atoms with van der Waals surface area (Å²) >= 11 is 0. The van der Waals surface area contributed by atoms with Crippen LogP contribution < -0.4 is 5.76 Å². The van der Waals surface area contributed by atoms with Gasteiger partial charge in [0.05, 0.1) is 13.2 Å². The highest BCUT2D eigenvalue weighted by Gasteiger charge is 2.10. The molecule has 0 aliphatic heterocycles. The zero-order chi connectivity index (χ0) is 13.8. The van der Waals surface area contributed by atoms with Crippen LogP contribution in [0.5, 0.6) is 0 Å². The Bertz CT molecular complexity index is 748. The Kier molecular flexibility index (Phi) is 3.43. The van der Waals surface area contributed by atoms with Crippen LogP contribution in [0.1, 0.15) is 5.56 Å². The molecule has 2 aromatic rings. The summed E-state index contributed by atoms with van der Waals surface area (Å²) in [7, 11) is 1.27. The number of carbonyl (C=O) groups excluding carboxylic acids is 1. The number of nitriles is 1. The molecular weight excluding hydrogens is 250 g/mol. The Morgan fingerprint density at radius 3 is 3.16 bits per heavy atom. The fourth-order valence-electron chi connectivity index (χ4n) is 1.50. The predicted molar refractivity (Wildman–Crippen MR) is 64.9 cm³/mol. The zero-order valence-electron chi connectivity index (χ0n) is 9.99. The summed E-state index contributed by atoms with van der Waals surface area (Å²) in [5.74, 6) is -1.14. The molecule has 19 heavy (non-hydrogen) atoms. The van der Waals surface area contributed by atoms with Crippen molar-refractivity contribution in [1.29, 1.82) is 5.26 Å². The Balaban J connectivity index is 2.43. The number of oxazole rings is 1. The van der Waals surface area contributed by atoms with Gasteiger partial charge in [-0.15, -0.1) is 0 Å². The summed E-state index contributed by atoms with van der Waals surface area (Å²) in [6.45, 7) is -0.129. The summed E-state index contributed by atoms with van der Waals surface area (Å²) in [6, 6.07) is 3.41. The molecule has 0 spiro atoms. The monoisotopic (exact) mass is 259 g/mol. The number of hydrogen-bond acceptors (Lipinski definition) is 6. The number of fused-ring (bicyclic) bond motifs is 1. The maximum absolute atomic E-state index is 11.5. The number of aromatic nitrogens is 2. The second-order valence-electron chi connectivity index (χ2n) is 3.56. The Morgan fingerprint density at radius 2 is 2.47 bits per heavy atom. The second-order valence-corrected chi connectivity index (χ2v) is 3.56. The molecule has 0 atom stereocenters. The van der Waals surface area contributed by atoms with Crippen molar-refractivity contribution in [2.75, 3.05) is 7.11 Å². The highest BCUT2D eigenvalue weighted by Crippen LogP contribution is 2.13. The lowest BCUT2D eigenvalue weighted by atomic mass is 10.2. The van der Waals surface area contributed by atoms with Crippen LogP contribution in [0.25, 0.3) is 17.3 Å². The molecule has 0 radical (unpaired) electrons. The average molecular weight is 259 g/mol. The molecule has 7 heteroatoms. The molecule has 0 aliphatic carbocycles. The normalized spacial score (nSPS) is 10.7. The summed E-state index contributed by atoms with van der Waals surface area (Å²) in [5, 5.41) is 8.61. The van der Waals surface area contributed by atoms with E-state index in [2.05, 4.69) is 9.72 Å². The molecule has 0 aromatic carbocycles. The average Bonchev–Trinajstić information content (AvgIpc) is 2.72. The lowest BCUT2D eigenvalue weighted by molar-refractivity contribution is -0.134. The first-order valence-electron chi connectivity index (χ1n) is 5.28. The summed E-state index contributed by atoms with van der Waals surface area (Å²) < 4.78 is 10.6. The minimum absolute atomic E-state index is 0.129. The van der Waals surface area contributed by atoms with E-state index in [1.807, 2.05) is 6.07 Å². The number of esters is 1. The van der Waals surface area contributed by atoms with E-state index in [4.69, 9.17) is 9.68 Å². The Labute approximate surface area is 107 Å². The van der Waals surface area contributed by atoms with Gasteiger partial charge in [-0.3, -0.25) is 0 Å². The van der Waals surface area contributed by atoms with Gasteiger partial charge in [-0.25, -0.2) is 19.1 Å². The lowest BCUT2D eigenvalue weighted by Crippen LogP contribution is -2.13. The van der Waals surface area contributed by atoms with Gasteiger partial charge >= 0.3 is 11.7 Å². The van der Waals surface area contributed by atoms with E-state index in [1.165, 1.54) is 25.5 Å². The molecule has 0 unspecified atom stereocenters. The minimum atomic E-state index is -0.641. The van der Waals surface area contributed by atoms with Crippen LogP contribution in [0.2, 0.25) is 0 Å². The molecule has 2 heterocycles. The Morgan fingerprint density at radius 1 is 1.68 bits per heavy atom. The smallest absolute Gasteiger partial charge is 0.422 e. The molecule has 0 bridgehead atoms. The van der Waals surface area contributed by atoms with Crippen LogP contribution >= 0.6 is 0 Å². The maximum Gasteiger partial charge on any atom is 0.422 e. The molecule has 0 fully saturated rings. The van der Waals surface area contributed by atoms with E-state index in [1.54, 1.807) is 6.07 Å². The molecule has 0 aliphatic rings. The highest BCUT2D eigenvalue weighted by molar-refractivity contribution is 5.87. The van der Waals surface area contributed by atoms with Crippen LogP contribution in [0.15, 0.2) is 27.6 Å². The summed E-state index contributed by atoms with van der Waals surface area (Å²) in [6.07, 6.45) is 4.18. The van der Waals surface area contributed by atoms with Crippen LogP contribution in [0.3, 0.4) is 0 Å². The summed E-state index contributed by atoms with van der Waals surface area (Å²) in [4.78, 5) is 26.5. The van der Waals surface area contributed by atoms with Crippen LogP contribution in [-0.4, -0.2) is 22.6 Å². The topological polar surface area (TPSA) is 98.1 Å². The van der Waals surface area contributed by atoms with Crippen molar-refractivity contribution in [2.45, 2.75) is 6.54 Å². The van der Waals surface area contributed by atoms with E-state index >= 15 is 0 Å². The van der Waals surface area contributed by atoms with Crippen LogP contribution in [0, 0.1) is 11.3 Å². The van der Waals surface area contributed by atoms with Gasteiger partial charge in [-0.05, 0) is 17.7 Å². The van der Waals surface area contributed by atoms with Crippen molar-refractivity contribution in [3.05, 3.63) is 34.5 Å². The number of methoxy groups -OCH3 is 1. The van der Waals surface area contributed by atoms with Gasteiger partial charge in [0.25, 0.3) is 0 Å².